The fourth-order valence-corrected chi connectivity index (χ4v) is 3.67. The van der Waals surface area contributed by atoms with E-state index >= 15 is 0 Å². The maximum absolute atomic E-state index is 12.8. The Morgan fingerprint density at radius 3 is 2.41 bits per heavy atom. The molecule has 1 amide bonds. The first-order chi connectivity index (χ1) is 13.7. The lowest BCUT2D eigenvalue weighted by atomic mass is 9.95. The summed E-state index contributed by atoms with van der Waals surface area (Å²) in [6.07, 6.45) is 0.632. The van der Waals surface area contributed by atoms with Gasteiger partial charge in [0.1, 0.15) is 5.56 Å². The van der Waals surface area contributed by atoms with Gasteiger partial charge in [0.15, 0.2) is 4.77 Å². The van der Waals surface area contributed by atoms with Crippen LogP contribution in [0.1, 0.15) is 62.3 Å². The maximum Gasteiger partial charge on any atom is 0.267 e. The van der Waals surface area contributed by atoms with Crippen LogP contribution in [0.15, 0.2) is 34.2 Å². The number of rotatable bonds is 4. The fraction of sp³-hybridized carbons (Fsp3) is 0.429. The zero-order valence-electron chi connectivity index (χ0n) is 17.3. The third-order valence-corrected chi connectivity index (χ3v) is 5.93. The Labute approximate surface area is 174 Å². The topological polar surface area (TPSA) is 79.8 Å². The summed E-state index contributed by atoms with van der Waals surface area (Å²) < 4.78 is 2.87. The number of hydrogen-bond acceptors (Lipinski definition) is 5. The highest BCUT2D eigenvalue weighted by molar-refractivity contribution is 7.71. The molecule has 0 spiro atoms. The van der Waals surface area contributed by atoms with Crippen molar-refractivity contribution in [3.05, 3.63) is 56.1 Å². The number of amides is 1. The van der Waals surface area contributed by atoms with Gasteiger partial charge in [0.2, 0.25) is 11.8 Å². The molecule has 3 rings (SSSR count). The second-order valence-electron chi connectivity index (χ2n) is 7.58. The first-order valence-corrected chi connectivity index (χ1v) is 10.1. The predicted octanol–water partition coefficient (Wildman–Crippen LogP) is 3.37. The van der Waals surface area contributed by atoms with Gasteiger partial charge in [0.25, 0.3) is 5.56 Å². The molecular formula is C21H26N4O3S. The highest BCUT2D eigenvalue weighted by atomic mass is 32.1. The van der Waals surface area contributed by atoms with Crippen molar-refractivity contribution in [2.24, 2.45) is 19.2 Å². The molecule has 2 heterocycles. The van der Waals surface area contributed by atoms with Gasteiger partial charge in [-0.15, -0.1) is 0 Å². The van der Waals surface area contributed by atoms with Crippen LogP contribution in [-0.2, 0) is 18.9 Å². The van der Waals surface area contributed by atoms with E-state index in [1.165, 1.54) is 19.7 Å². The molecule has 2 aromatic rings. The van der Waals surface area contributed by atoms with E-state index < -0.39 is 5.56 Å². The van der Waals surface area contributed by atoms with Gasteiger partial charge < -0.3 is 5.11 Å². The number of nitrogens with zero attached hydrogens (tertiary/aromatic N) is 4. The molecule has 1 aromatic heterocycles. The lowest BCUT2D eigenvalue weighted by Gasteiger charge is -2.22. The Hall–Kier alpha value is -2.74. The summed E-state index contributed by atoms with van der Waals surface area (Å²) in [7, 11) is 3.15. The quantitative estimate of drug-likeness (QED) is 0.778. The zero-order chi connectivity index (χ0) is 21.5. The van der Waals surface area contributed by atoms with Crippen LogP contribution in [0.2, 0.25) is 0 Å². The largest absolute Gasteiger partial charge is 0.494 e. The number of hydrogen-bond donors (Lipinski definition) is 1. The summed E-state index contributed by atoms with van der Waals surface area (Å²) >= 11 is 5.18. The molecule has 8 heteroatoms. The summed E-state index contributed by atoms with van der Waals surface area (Å²) in [6, 6.07) is 7.78. The van der Waals surface area contributed by atoms with E-state index in [-0.39, 0.29) is 28.2 Å². The van der Waals surface area contributed by atoms with Crippen molar-refractivity contribution in [2.75, 3.05) is 0 Å². The van der Waals surface area contributed by atoms with Gasteiger partial charge in [-0.1, -0.05) is 45.0 Å². The molecule has 1 unspecified atom stereocenters. The summed E-state index contributed by atoms with van der Waals surface area (Å²) in [5.41, 5.74) is 2.19. The van der Waals surface area contributed by atoms with Crippen LogP contribution in [0.5, 0.6) is 5.88 Å². The van der Waals surface area contributed by atoms with Gasteiger partial charge in [-0.2, -0.15) is 5.10 Å². The summed E-state index contributed by atoms with van der Waals surface area (Å²) in [5, 5.41) is 16.5. The van der Waals surface area contributed by atoms with Crippen molar-refractivity contribution >= 4 is 23.8 Å². The average molecular weight is 415 g/mol. The van der Waals surface area contributed by atoms with Crippen molar-refractivity contribution < 1.29 is 9.90 Å². The second-order valence-corrected chi connectivity index (χ2v) is 7.95. The van der Waals surface area contributed by atoms with Gasteiger partial charge in [0, 0.05) is 26.9 Å². The summed E-state index contributed by atoms with van der Waals surface area (Å²) in [6.45, 7) is 6.03. The molecule has 1 aliphatic heterocycles. The van der Waals surface area contributed by atoms with Crippen LogP contribution in [0.4, 0.5) is 0 Å². The number of carbonyl (C=O) groups excluding carboxylic acids is 1. The van der Waals surface area contributed by atoms with E-state index in [1.54, 1.807) is 21.0 Å². The molecule has 0 bridgehead atoms. The van der Waals surface area contributed by atoms with Gasteiger partial charge >= 0.3 is 0 Å². The van der Waals surface area contributed by atoms with E-state index in [0.29, 0.717) is 24.5 Å². The molecule has 1 aromatic carbocycles. The molecule has 7 nitrogen and oxygen atoms in total. The predicted molar refractivity (Wildman–Crippen MR) is 115 cm³/mol. The molecule has 154 valence electrons. The molecule has 1 atom stereocenters. The molecule has 0 aliphatic carbocycles. The molecule has 0 fully saturated rings. The number of carbonyl (C=O) groups is 1. The second kappa shape index (κ2) is 7.94. The van der Waals surface area contributed by atoms with Crippen molar-refractivity contribution in [1.82, 2.24) is 14.1 Å². The molecule has 0 saturated heterocycles. The van der Waals surface area contributed by atoms with Crippen molar-refractivity contribution in [3.63, 3.8) is 0 Å². The summed E-state index contributed by atoms with van der Waals surface area (Å²) in [4.78, 5) is 25.4. The van der Waals surface area contributed by atoms with Crippen LogP contribution in [-0.4, -0.2) is 30.9 Å². The smallest absolute Gasteiger partial charge is 0.267 e. The Balaban J connectivity index is 2.09. The SMILES string of the molecule is CCC(=O)N1N=C(c2c(O)n(C)c(=S)n(C)c2=O)CC1c1ccc(C(C)C)cc1. The molecular weight excluding hydrogens is 388 g/mol. The van der Waals surface area contributed by atoms with E-state index in [0.717, 1.165) is 5.56 Å². The van der Waals surface area contributed by atoms with Gasteiger partial charge in [0.05, 0.1) is 11.8 Å². The normalized spacial score (nSPS) is 16.4. The summed E-state index contributed by atoms with van der Waals surface area (Å²) in [5.74, 6) is 0.0276. The van der Waals surface area contributed by atoms with E-state index in [4.69, 9.17) is 12.2 Å². The number of hydrazone groups is 1. The highest BCUT2D eigenvalue weighted by Gasteiger charge is 2.35. The molecule has 29 heavy (non-hydrogen) atoms. The first kappa shape index (κ1) is 21.0. The standard InChI is InChI=1S/C21H26N4O3S/c1-6-17(26)25-16(14-9-7-13(8-10-14)12(2)3)11-15(22-25)18-19(27)23(4)21(29)24(5)20(18)28/h7-10,12,16,27H,6,11H2,1-5H3. The third kappa shape index (κ3) is 3.64. The minimum absolute atomic E-state index is 0.0822. The average Bonchev–Trinajstić information content (AvgIpc) is 3.15. The van der Waals surface area contributed by atoms with Crippen LogP contribution < -0.4 is 5.56 Å². The van der Waals surface area contributed by atoms with Crippen molar-refractivity contribution in [3.8, 4) is 5.88 Å². The van der Waals surface area contributed by atoms with Crippen LogP contribution in [0.25, 0.3) is 0 Å². The monoisotopic (exact) mass is 414 g/mol. The minimum atomic E-state index is -0.427. The molecule has 0 saturated carbocycles. The Kier molecular flexibility index (Phi) is 5.75. The minimum Gasteiger partial charge on any atom is -0.494 e. The Bertz CT molecular complexity index is 1100. The van der Waals surface area contributed by atoms with Crippen LogP contribution in [0, 0.1) is 4.77 Å². The zero-order valence-corrected chi connectivity index (χ0v) is 18.2. The number of aromatic hydroxyl groups is 1. The van der Waals surface area contributed by atoms with Crippen LogP contribution >= 0.6 is 12.2 Å². The van der Waals surface area contributed by atoms with Gasteiger partial charge in [-0.25, -0.2) is 5.01 Å². The van der Waals surface area contributed by atoms with Crippen molar-refractivity contribution in [2.45, 2.75) is 45.6 Å². The Morgan fingerprint density at radius 2 is 1.86 bits per heavy atom. The van der Waals surface area contributed by atoms with E-state index in [2.05, 4.69) is 31.1 Å². The maximum atomic E-state index is 12.8. The fourth-order valence-electron chi connectivity index (χ4n) is 3.50. The molecule has 0 radical (unpaired) electrons. The number of aromatic nitrogens is 2. The van der Waals surface area contributed by atoms with E-state index in [1.807, 2.05) is 12.1 Å². The van der Waals surface area contributed by atoms with Gasteiger partial charge in [-0.05, 0) is 29.3 Å². The molecule has 1 N–H and O–H groups in total. The van der Waals surface area contributed by atoms with Crippen molar-refractivity contribution in [1.29, 1.82) is 0 Å². The van der Waals surface area contributed by atoms with Crippen LogP contribution in [0.3, 0.4) is 0 Å². The lowest BCUT2D eigenvalue weighted by Crippen LogP contribution is -2.28. The third-order valence-electron chi connectivity index (χ3n) is 5.38. The lowest BCUT2D eigenvalue weighted by molar-refractivity contribution is -0.132. The van der Waals surface area contributed by atoms with E-state index in [9.17, 15) is 14.7 Å². The first-order valence-electron chi connectivity index (χ1n) is 9.66. The number of benzene rings is 1. The molecule has 1 aliphatic rings. The van der Waals surface area contributed by atoms with Gasteiger partial charge in [-0.3, -0.25) is 18.7 Å². The Morgan fingerprint density at radius 1 is 1.24 bits per heavy atom. The highest BCUT2D eigenvalue weighted by Crippen LogP contribution is 2.34.